The molecule has 0 spiro atoms. The van der Waals surface area contributed by atoms with E-state index in [0.717, 1.165) is 5.57 Å². The first-order valence-corrected chi connectivity index (χ1v) is 2.12. The van der Waals surface area contributed by atoms with Gasteiger partial charge in [0.25, 0.3) is 5.09 Å². The van der Waals surface area contributed by atoms with Gasteiger partial charge in [-0.05, 0) is 6.92 Å². The second-order valence-electron chi connectivity index (χ2n) is 1.29. The maximum Gasteiger partial charge on any atom is 0.291 e. The average molecular weight is 131 g/mol. The first-order chi connectivity index (χ1) is 4.00. The largest absolute Gasteiger partial charge is 0.328 e. The molecule has 0 fully saturated rings. The van der Waals surface area contributed by atoms with E-state index >= 15 is 0 Å². The molecule has 0 aliphatic heterocycles. The molecule has 4 heteroatoms. The summed E-state index contributed by atoms with van der Waals surface area (Å²) in [6, 6.07) is 0. The molecule has 9 heavy (non-hydrogen) atoms. The predicted octanol–water partition coefficient (Wildman–Crippen LogP) is 1.40. The standard InChI is InChI=1S/C5H8.HNO3/c1-4-5(2)3;2-1(3)4/h4H,1-2H2,3H3;(H,2,3,4). The summed E-state index contributed by atoms with van der Waals surface area (Å²) in [5.74, 6) is 0. The summed E-state index contributed by atoms with van der Waals surface area (Å²) in [6.45, 7) is 8.93. The predicted molar refractivity (Wildman–Crippen MR) is 33.8 cm³/mol. The van der Waals surface area contributed by atoms with Crippen LogP contribution in [0, 0.1) is 10.1 Å². The summed E-state index contributed by atoms with van der Waals surface area (Å²) in [7, 11) is 0. The molecule has 0 radical (unpaired) electrons. The normalized spacial score (nSPS) is 6.33. The Hall–Kier alpha value is -1.32. The van der Waals surface area contributed by atoms with E-state index in [4.69, 9.17) is 15.3 Å². The molecule has 0 saturated heterocycles. The SMILES string of the molecule is C=CC(=C)C.O=[N+]([O-])O. The van der Waals surface area contributed by atoms with E-state index in [1.54, 1.807) is 6.08 Å². The number of hydrogen-bond donors (Lipinski definition) is 1. The summed E-state index contributed by atoms with van der Waals surface area (Å²) < 4.78 is 0. The van der Waals surface area contributed by atoms with Gasteiger partial charge in [0.05, 0.1) is 0 Å². The summed E-state index contributed by atoms with van der Waals surface area (Å²) >= 11 is 0. The Bertz CT molecular complexity index is 115. The molecule has 0 rings (SSSR count). The number of hydrogen-bond acceptors (Lipinski definition) is 2. The van der Waals surface area contributed by atoms with Gasteiger partial charge < -0.3 is 5.21 Å². The molecule has 0 saturated carbocycles. The molecule has 0 aromatic rings. The van der Waals surface area contributed by atoms with Crippen LogP contribution in [0.1, 0.15) is 6.92 Å². The van der Waals surface area contributed by atoms with Crippen molar-refractivity contribution in [2.75, 3.05) is 0 Å². The molecule has 0 unspecified atom stereocenters. The van der Waals surface area contributed by atoms with Gasteiger partial charge in [0.15, 0.2) is 0 Å². The highest BCUT2D eigenvalue weighted by Crippen LogP contribution is 1.81. The third-order valence-corrected chi connectivity index (χ3v) is 0.348. The summed E-state index contributed by atoms with van der Waals surface area (Å²) in [4.78, 5) is 8.36. The van der Waals surface area contributed by atoms with Crippen molar-refractivity contribution in [2.24, 2.45) is 0 Å². The van der Waals surface area contributed by atoms with Gasteiger partial charge >= 0.3 is 0 Å². The van der Waals surface area contributed by atoms with Gasteiger partial charge in [-0.3, -0.25) is 0 Å². The molecule has 0 atom stereocenters. The first kappa shape index (κ1) is 10.6. The summed E-state index contributed by atoms with van der Waals surface area (Å²) in [5.41, 5.74) is 1.02. The zero-order chi connectivity index (χ0) is 7.86. The van der Waals surface area contributed by atoms with Gasteiger partial charge in [0.2, 0.25) is 0 Å². The lowest BCUT2D eigenvalue weighted by atomic mass is 10.4. The highest BCUT2D eigenvalue weighted by atomic mass is 16.9. The lowest BCUT2D eigenvalue weighted by molar-refractivity contribution is -0.742. The van der Waals surface area contributed by atoms with E-state index < -0.39 is 5.09 Å². The van der Waals surface area contributed by atoms with E-state index in [9.17, 15) is 0 Å². The molecule has 0 aromatic heterocycles. The molecule has 0 heterocycles. The van der Waals surface area contributed by atoms with Crippen LogP contribution in [0.15, 0.2) is 24.8 Å². The molecule has 1 N–H and O–H groups in total. The minimum atomic E-state index is -1.50. The fourth-order valence-electron chi connectivity index (χ4n) is 0. The van der Waals surface area contributed by atoms with Crippen LogP contribution in [-0.2, 0) is 0 Å². The number of allylic oxidation sites excluding steroid dienone is 2. The lowest BCUT2D eigenvalue weighted by Crippen LogP contribution is -1.81. The summed E-state index contributed by atoms with van der Waals surface area (Å²) in [5, 5.41) is 13.6. The fraction of sp³-hybridized carbons (Fsp3) is 0.200. The average Bonchev–Trinajstić information content (AvgIpc) is 1.65. The van der Waals surface area contributed by atoms with E-state index in [1.165, 1.54) is 0 Å². The van der Waals surface area contributed by atoms with Crippen LogP contribution in [0.25, 0.3) is 0 Å². The van der Waals surface area contributed by atoms with Gasteiger partial charge in [0, 0.05) is 0 Å². The molecule has 0 aromatic carbocycles. The Morgan fingerprint density at radius 2 is 2.00 bits per heavy atom. The number of rotatable bonds is 1. The van der Waals surface area contributed by atoms with Crippen molar-refractivity contribution in [3.05, 3.63) is 34.9 Å². The third-order valence-electron chi connectivity index (χ3n) is 0.348. The maximum absolute atomic E-state index is 8.36. The van der Waals surface area contributed by atoms with Crippen molar-refractivity contribution in [1.82, 2.24) is 0 Å². The lowest BCUT2D eigenvalue weighted by Gasteiger charge is -1.71. The molecule has 0 aliphatic carbocycles. The van der Waals surface area contributed by atoms with Crippen LogP contribution < -0.4 is 0 Å². The number of nitrogens with zero attached hydrogens (tertiary/aromatic N) is 1. The van der Waals surface area contributed by atoms with Crippen LogP contribution >= 0.6 is 0 Å². The monoisotopic (exact) mass is 131 g/mol. The zero-order valence-corrected chi connectivity index (χ0v) is 5.20. The van der Waals surface area contributed by atoms with Gasteiger partial charge in [0.1, 0.15) is 0 Å². The summed E-state index contributed by atoms with van der Waals surface area (Å²) in [6.07, 6.45) is 1.72. The molecule has 0 aliphatic rings. The molecule has 52 valence electrons. The molecular formula is C5H9NO3. The first-order valence-electron chi connectivity index (χ1n) is 2.12. The smallest absolute Gasteiger partial charge is 0.291 e. The fourth-order valence-corrected chi connectivity index (χ4v) is 0. The minimum Gasteiger partial charge on any atom is -0.328 e. The van der Waals surface area contributed by atoms with Gasteiger partial charge in [-0.15, -0.1) is 10.1 Å². The minimum absolute atomic E-state index is 1.02. The van der Waals surface area contributed by atoms with Crippen molar-refractivity contribution in [3.8, 4) is 0 Å². The van der Waals surface area contributed by atoms with Crippen molar-refractivity contribution in [3.63, 3.8) is 0 Å². The van der Waals surface area contributed by atoms with Gasteiger partial charge in [-0.2, -0.15) is 0 Å². The van der Waals surface area contributed by atoms with E-state index in [2.05, 4.69) is 13.2 Å². The highest BCUT2D eigenvalue weighted by molar-refractivity contribution is 5.05. The molecule has 0 bridgehead atoms. The van der Waals surface area contributed by atoms with Crippen LogP contribution in [0.2, 0.25) is 0 Å². The highest BCUT2D eigenvalue weighted by Gasteiger charge is 1.65. The quantitative estimate of drug-likeness (QED) is 0.332. The van der Waals surface area contributed by atoms with Crippen LogP contribution in [-0.4, -0.2) is 10.3 Å². The second-order valence-corrected chi connectivity index (χ2v) is 1.29. The van der Waals surface area contributed by atoms with Crippen molar-refractivity contribution in [1.29, 1.82) is 0 Å². The maximum atomic E-state index is 8.36. The van der Waals surface area contributed by atoms with Gasteiger partial charge in [-0.25, -0.2) is 0 Å². The Morgan fingerprint density at radius 1 is 1.89 bits per heavy atom. The van der Waals surface area contributed by atoms with Crippen LogP contribution in [0.4, 0.5) is 0 Å². The molecule has 4 nitrogen and oxygen atoms in total. The van der Waals surface area contributed by atoms with E-state index in [-0.39, 0.29) is 0 Å². The Balaban J connectivity index is 0. The Morgan fingerprint density at radius 3 is 2.00 bits per heavy atom. The molecule has 0 amide bonds. The molecular weight excluding hydrogens is 122 g/mol. The Kier molecular flexibility index (Phi) is 7.88. The third kappa shape index (κ3) is 316. The Labute approximate surface area is 53.2 Å². The second kappa shape index (κ2) is 6.68. The van der Waals surface area contributed by atoms with E-state index in [1.807, 2.05) is 6.92 Å². The van der Waals surface area contributed by atoms with Crippen LogP contribution in [0.5, 0.6) is 0 Å². The van der Waals surface area contributed by atoms with Gasteiger partial charge in [-0.1, -0.05) is 24.8 Å². The topological polar surface area (TPSA) is 63.4 Å². The van der Waals surface area contributed by atoms with Crippen molar-refractivity contribution >= 4 is 0 Å². The van der Waals surface area contributed by atoms with Crippen molar-refractivity contribution < 1.29 is 10.3 Å². The van der Waals surface area contributed by atoms with E-state index in [0.29, 0.717) is 0 Å². The van der Waals surface area contributed by atoms with Crippen molar-refractivity contribution in [2.45, 2.75) is 6.92 Å². The zero-order valence-electron chi connectivity index (χ0n) is 5.20. The van der Waals surface area contributed by atoms with Crippen LogP contribution in [0.3, 0.4) is 0 Å².